The second-order valence-electron chi connectivity index (χ2n) is 8.20. The molecule has 2 aliphatic heterocycles. The summed E-state index contributed by atoms with van der Waals surface area (Å²) in [7, 11) is 0. The number of aromatic nitrogens is 3. The fourth-order valence-corrected chi connectivity index (χ4v) is 3.75. The molecule has 3 rings (SSSR count). The third-order valence-corrected chi connectivity index (χ3v) is 5.44. The van der Waals surface area contributed by atoms with E-state index in [9.17, 15) is 9.59 Å². The van der Waals surface area contributed by atoms with Crippen LogP contribution in [0.3, 0.4) is 0 Å². The Hall–Kier alpha value is -1.96. The number of carbonyl (C=O) groups excluding carboxylic acids is 2. The molecule has 3 heterocycles. The SMILES string of the molecule is CC(C)CCn1cc(C(=O)N2CCCC(CNC(=O)C3CCCN3)C2)nn1. The van der Waals surface area contributed by atoms with Gasteiger partial charge >= 0.3 is 0 Å². The molecule has 0 bridgehead atoms. The zero-order valence-electron chi connectivity index (χ0n) is 16.5. The molecule has 8 nitrogen and oxygen atoms in total. The van der Waals surface area contributed by atoms with Crippen LogP contribution in [0.15, 0.2) is 6.20 Å². The molecule has 1 aromatic heterocycles. The van der Waals surface area contributed by atoms with Gasteiger partial charge in [-0.05, 0) is 50.5 Å². The lowest BCUT2D eigenvalue weighted by Crippen LogP contribution is -2.46. The molecule has 0 aliphatic carbocycles. The Bertz CT molecular complexity index is 638. The van der Waals surface area contributed by atoms with Crippen LogP contribution >= 0.6 is 0 Å². The van der Waals surface area contributed by atoms with Crippen molar-refractivity contribution in [3.8, 4) is 0 Å². The van der Waals surface area contributed by atoms with Crippen molar-refractivity contribution < 1.29 is 9.59 Å². The highest BCUT2D eigenvalue weighted by molar-refractivity contribution is 5.92. The zero-order valence-corrected chi connectivity index (χ0v) is 16.5. The van der Waals surface area contributed by atoms with E-state index in [2.05, 4.69) is 34.8 Å². The van der Waals surface area contributed by atoms with Crippen molar-refractivity contribution >= 4 is 11.8 Å². The van der Waals surface area contributed by atoms with E-state index in [0.717, 1.165) is 51.7 Å². The molecular formula is C19H32N6O2. The van der Waals surface area contributed by atoms with E-state index in [1.807, 2.05) is 4.90 Å². The number of nitrogens with one attached hydrogen (secondary N) is 2. The Balaban J connectivity index is 1.48. The molecule has 2 aliphatic rings. The van der Waals surface area contributed by atoms with Crippen molar-refractivity contribution in [2.75, 3.05) is 26.2 Å². The van der Waals surface area contributed by atoms with Crippen molar-refractivity contribution in [3.63, 3.8) is 0 Å². The minimum absolute atomic E-state index is 0.0489. The molecule has 2 atom stereocenters. The average Bonchev–Trinajstić information content (AvgIpc) is 3.36. The minimum atomic E-state index is -0.0562. The third kappa shape index (κ3) is 5.51. The van der Waals surface area contributed by atoms with E-state index >= 15 is 0 Å². The second kappa shape index (κ2) is 9.30. The molecule has 0 aromatic carbocycles. The first-order chi connectivity index (χ1) is 13.0. The van der Waals surface area contributed by atoms with Crippen LogP contribution in [0.25, 0.3) is 0 Å². The van der Waals surface area contributed by atoms with E-state index in [1.165, 1.54) is 0 Å². The molecule has 2 unspecified atom stereocenters. The lowest BCUT2D eigenvalue weighted by atomic mass is 9.97. The zero-order chi connectivity index (χ0) is 19.2. The fourth-order valence-electron chi connectivity index (χ4n) is 3.75. The van der Waals surface area contributed by atoms with Gasteiger partial charge in [0.1, 0.15) is 0 Å². The minimum Gasteiger partial charge on any atom is -0.354 e. The lowest BCUT2D eigenvalue weighted by Gasteiger charge is -2.32. The fraction of sp³-hybridized carbons (Fsp3) is 0.789. The number of piperidine rings is 1. The summed E-state index contributed by atoms with van der Waals surface area (Å²) in [5.41, 5.74) is 0.415. The molecule has 8 heteroatoms. The van der Waals surface area contributed by atoms with Crippen LogP contribution in [0.4, 0.5) is 0 Å². The molecule has 27 heavy (non-hydrogen) atoms. The van der Waals surface area contributed by atoms with E-state index in [1.54, 1.807) is 10.9 Å². The number of likely N-dealkylation sites (tertiary alicyclic amines) is 1. The molecule has 2 N–H and O–H groups in total. The maximum atomic E-state index is 12.8. The van der Waals surface area contributed by atoms with Crippen LogP contribution in [0.5, 0.6) is 0 Å². The maximum absolute atomic E-state index is 12.8. The average molecular weight is 377 g/mol. The highest BCUT2D eigenvalue weighted by atomic mass is 16.2. The Kier molecular flexibility index (Phi) is 6.82. The van der Waals surface area contributed by atoms with Crippen molar-refractivity contribution in [2.24, 2.45) is 11.8 Å². The summed E-state index contributed by atoms with van der Waals surface area (Å²) in [5.74, 6) is 0.915. The number of carbonyl (C=O) groups is 2. The molecule has 0 spiro atoms. The summed E-state index contributed by atoms with van der Waals surface area (Å²) in [4.78, 5) is 26.8. The molecule has 2 saturated heterocycles. The number of hydrogen-bond acceptors (Lipinski definition) is 5. The van der Waals surface area contributed by atoms with Gasteiger partial charge < -0.3 is 15.5 Å². The predicted octanol–water partition coefficient (Wildman–Crippen LogP) is 1.04. The van der Waals surface area contributed by atoms with Crippen molar-refractivity contribution in [1.82, 2.24) is 30.5 Å². The summed E-state index contributed by atoms with van der Waals surface area (Å²) in [6, 6.07) is -0.0489. The van der Waals surface area contributed by atoms with E-state index in [0.29, 0.717) is 30.6 Å². The van der Waals surface area contributed by atoms with Gasteiger partial charge in [-0.2, -0.15) is 0 Å². The Morgan fingerprint density at radius 3 is 2.93 bits per heavy atom. The number of hydrogen-bond donors (Lipinski definition) is 2. The summed E-state index contributed by atoms with van der Waals surface area (Å²) >= 11 is 0. The topological polar surface area (TPSA) is 92.2 Å². The van der Waals surface area contributed by atoms with Crippen LogP contribution in [0.1, 0.15) is 56.4 Å². The van der Waals surface area contributed by atoms with Crippen LogP contribution in [-0.2, 0) is 11.3 Å². The first-order valence-electron chi connectivity index (χ1n) is 10.2. The summed E-state index contributed by atoms with van der Waals surface area (Å²) in [6.45, 7) is 8.06. The van der Waals surface area contributed by atoms with Crippen molar-refractivity contribution in [2.45, 2.75) is 58.5 Å². The number of aryl methyl sites for hydroxylation is 1. The lowest BCUT2D eigenvalue weighted by molar-refractivity contribution is -0.123. The van der Waals surface area contributed by atoms with Crippen LogP contribution in [0.2, 0.25) is 0 Å². The third-order valence-electron chi connectivity index (χ3n) is 5.44. The molecule has 1 aromatic rings. The molecule has 150 valence electrons. The molecule has 2 fully saturated rings. The van der Waals surface area contributed by atoms with Crippen LogP contribution in [0, 0.1) is 11.8 Å². The molecule has 0 radical (unpaired) electrons. The van der Waals surface area contributed by atoms with Gasteiger partial charge in [0.2, 0.25) is 5.91 Å². The standard InChI is InChI=1S/C19H32N6O2/c1-14(2)7-10-25-13-17(22-23-25)19(27)24-9-4-5-15(12-24)11-21-18(26)16-6-3-8-20-16/h13-16,20H,3-12H2,1-2H3,(H,21,26). The largest absolute Gasteiger partial charge is 0.354 e. The smallest absolute Gasteiger partial charge is 0.276 e. The van der Waals surface area contributed by atoms with Gasteiger partial charge in [-0.1, -0.05) is 19.1 Å². The monoisotopic (exact) mass is 376 g/mol. The normalized spacial score (nSPS) is 23.0. The van der Waals surface area contributed by atoms with Crippen LogP contribution < -0.4 is 10.6 Å². The highest BCUT2D eigenvalue weighted by Gasteiger charge is 2.28. The van der Waals surface area contributed by atoms with Crippen molar-refractivity contribution in [3.05, 3.63) is 11.9 Å². The second-order valence-corrected chi connectivity index (χ2v) is 8.20. The number of rotatable bonds is 7. The van der Waals surface area contributed by atoms with Gasteiger partial charge in [0.15, 0.2) is 5.69 Å². The van der Waals surface area contributed by atoms with E-state index in [4.69, 9.17) is 0 Å². The first-order valence-corrected chi connectivity index (χ1v) is 10.2. The van der Waals surface area contributed by atoms with Gasteiger partial charge in [-0.3, -0.25) is 14.3 Å². The number of amides is 2. The van der Waals surface area contributed by atoms with Gasteiger partial charge in [-0.15, -0.1) is 5.10 Å². The quantitative estimate of drug-likeness (QED) is 0.742. The molecular weight excluding hydrogens is 344 g/mol. The summed E-state index contributed by atoms with van der Waals surface area (Å²) < 4.78 is 1.75. The maximum Gasteiger partial charge on any atom is 0.276 e. The van der Waals surface area contributed by atoms with E-state index < -0.39 is 0 Å². The Morgan fingerprint density at radius 1 is 1.33 bits per heavy atom. The van der Waals surface area contributed by atoms with Gasteiger partial charge in [0.05, 0.1) is 12.2 Å². The highest BCUT2D eigenvalue weighted by Crippen LogP contribution is 2.18. The Morgan fingerprint density at radius 2 is 2.19 bits per heavy atom. The number of nitrogens with zero attached hydrogens (tertiary/aromatic N) is 4. The van der Waals surface area contributed by atoms with Gasteiger partial charge in [0.25, 0.3) is 5.91 Å². The molecule has 0 saturated carbocycles. The first kappa shape index (κ1) is 19.8. The van der Waals surface area contributed by atoms with Gasteiger partial charge in [0, 0.05) is 26.2 Å². The van der Waals surface area contributed by atoms with E-state index in [-0.39, 0.29) is 17.9 Å². The van der Waals surface area contributed by atoms with Gasteiger partial charge in [-0.25, -0.2) is 0 Å². The Labute approximate surface area is 161 Å². The summed E-state index contributed by atoms with van der Waals surface area (Å²) in [5, 5.41) is 14.4. The van der Waals surface area contributed by atoms with Crippen LogP contribution in [-0.4, -0.2) is 63.9 Å². The summed E-state index contributed by atoms with van der Waals surface area (Å²) in [6.07, 6.45) is 6.72. The van der Waals surface area contributed by atoms with Crippen molar-refractivity contribution in [1.29, 1.82) is 0 Å². The predicted molar refractivity (Wildman–Crippen MR) is 102 cm³/mol. The molecule has 2 amide bonds.